The molecular formula is C13H17N5O7S2. The summed E-state index contributed by atoms with van der Waals surface area (Å²) in [5.41, 5.74) is -0.632. The van der Waals surface area contributed by atoms with Crippen molar-refractivity contribution in [2.75, 3.05) is 31.4 Å². The Morgan fingerprint density at radius 1 is 1.41 bits per heavy atom. The average Bonchev–Trinajstić information content (AvgIpc) is 2.92. The first-order chi connectivity index (χ1) is 12.5. The van der Waals surface area contributed by atoms with E-state index in [1.807, 2.05) is 0 Å². The van der Waals surface area contributed by atoms with Crippen LogP contribution in [0.1, 0.15) is 6.42 Å². The van der Waals surface area contributed by atoms with E-state index < -0.39 is 39.9 Å². The van der Waals surface area contributed by atoms with E-state index in [4.69, 9.17) is 4.55 Å². The highest BCUT2D eigenvalue weighted by Crippen LogP contribution is 2.36. The van der Waals surface area contributed by atoms with Crippen LogP contribution in [0.3, 0.4) is 0 Å². The second-order valence-electron chi connectivity index (χ2n) is 6.19. The Morgan fingerprint density at radius 2 is 2.07 bits per heavy atom. The number of aromatic hydroxyl groups is 1. The molecule has 0 saturated carbocycles. The lowest BCUT2D eigenvalue weighted by atomic mass is 10.0. The first kappa shape index (κ1) is 19.4. The number of rotatable bonds is 5. The Labute approximate surface area is 158 Å². The highest BCUT2D eigenvalue weighted by atomic mass is 32.2. The van der Waals surface area contributed by atoms with Crippen molar-refractivity contribution in [2.24, 2.45) is 0 Å². The van der Waals surface area contributed by atoms with Gasteiger partial charge in [0.05, 0.1) is 18.0 Å². The lowest BCUT2D eigenvalue weighted by Crippen LogP contribution is -2.68. The van der Waals surface area contributed by atoms with Gasteiger partial charge in [-0.2, -0.15) is 13.4 Å². The van der Waals surface area contributed by atoms with Crippen LogP contribution in [-0.4, -0.2) is 87.2 Å². The van der Waals surface area contributed by atoms with E-state index >= 15 is 0 Å². The predicted octanol–water partition coefficient (Wildman–Crippen LogP) is -2.15. The van der Waals surface area contributed by atoms with Gasteiger partial charge in [-0.15, -0.1) is 0 Å². The summed E-state index contributed by atoms with van der Waals surface area (Å²) < 4.78 is 32.9. The van der Waals surface area contributed by atoms with Gasteiger partial charge >= 0.3 is 16.0 Å². The fourth-order valence-electron chi connectivity index (χ4n) is 3.12. The summed E-state index contributed by atoms with van der Waals surface area (Å²) in [5, 5.41) is 11.4. The van der Waals surface area contributed by atoms with E-state index in [0.29, 0.717) is 4.31 Å². The normalized spacial score (nSPS) is 21.8. The van der Waals surface area contributed by atoms with Crippen LogP contribution in [0.2, 0.25) is 0 Å². The van der Waals surface area contributed by atoms with E-state index in [0.717, 1.165) is 16.4 Å². The highest BCUT2D eigenvalue weighted by Gasteiger charge is 2.59. The summed E-state index contributed by atoms with van der Waals surface area (Å²) in [6.45, 7) is 0.161. The summed E-state index contributed by atoms with van der Waals surface area (Å²) in [4.78, 5) is 41.2. The number of hydrogen-bond donors (Lipinski definition) is 2. The van der Waals surface area contributed by atoms with Crippen LogP contribution in [0.15, 0.2) is 16.0 Å². The lowest BCUT2D eigenvalue weighted by Gasteiger charge is -2.42. The second-order valence-corrected chi connectivity index (χ2v) is 8.45. The van der Waals surface area contributed by atoms with Gasteiger partial charge in [-0.25, -0.2) is 13.8 Å². The summed E-state index contributed by atoms with van der Waals surface area (Å²) in [5.74, 6) is -1.80. The molecule has 27 heavy (non-hydrogen) atoms. The molecule has 148 valence electrons. The number of carbonyl (C=O) groups excluding carboxylic acids is 2. The van der Waals surface area contributed by atoms with E-state index in [1.165, 1.54) is 16.1 Å². The van der Waals surface area contributed by atoms with E-state index in [-0.39, 0.29) is 29.5 Å². The van der Waals surface area contributed by atoms with E-state index in [9.17, 15) is 27.9 Å². The maximum absolute atomic E-state index is 12.4. The SMILES string of the molecule is CN(C)n1cc(O)c(SCC(=O)N2CC[C@@H]3[C@H]2C(=O)N3S(=O)(=O)O)nc1=O. The topological polar surface area (TPSA) is 153 Å². The number of fused-ring (bicyclic) bond motifs is 1. The molecule has 14 heteroatoms. The smallest absolute Gasteiger partial charge is 0.367 e. The first-order valence-corrected chi connectivity index (χ1v) is 10.1. The maximum atomic E-state index is 12.4. The maximum Gasteiger partial charge on any atom is 0.367 e. The van der Waals surface area contributed by atoms with Crippen molar-refractivity contribution in [3.8, 4) is 5.75 Å². The average molecular weight is 419 g/mol. The van der Waals surface area contributed by atoms with Gasteiger partial charge in [0, 0.05) is 20.6 Å². The van der Waals surface area contributed by atoms with Crippen LogP contribution in [-0.2, 0) is 19.9 Å². The number of carbonyl (C=O) groups is 2. The summed E-state index contributed by atoms with van der Waals surface area (Å²) in [7, 11) is -1.46. The minimum Gasteiger partial charge on any atom is -0.504 e. The lowest BCUT2D eigenvalue weighted by molar-refractivity contribution is -0.150. The summed E-state index contributed by atoms with van der Waals surface area (Å²) in [6.07, 6.45) is 1.41. The Morgan fingerprint density at radius 3 is 2.67 bits per heavy atom. The van der Waals surface area contributed by atoms with Gasteiger partial charge in [-0.05, 0) is 6.42 Å². The fourth-order valence-corrected chi connectivity index (χ4v) is 4.79. The van der Waals surface area contributed by atoms with Gasteiger partial charge in [0.1, 0.15) is 11.1 Å². The van der Waals surface area contributed by atoms with Gasteiger partial charge in [0.25, 0.3) is 5.91 Å². The number of thioether (sulfide) groups is 1. The quantitative estimate of drug-likeness (QED) is 0.234. The molecule has 12 nitrogen and oxygen atoms in total. The van der Waals surface area contributed by atoms with Crippen LogP contribution in [0.25, 0.3) is 0 Å². The zero-order chi connectivity index (χ0) is 20.1. The number of β-lactam (4-membered cyclic amide) rings is 1. The number of amides is 2. The number of nitrogens with zero attached hydrogens (tertiary/aromatic N) is 5. The Balaban J connectivity index is 1.67. The predicted molar refractivity (Wildman–Crippen MR) is 93.3 cm³/mol. The van der Waals surface area contributed by atoms with Crippen molar-refractivity contribution in [1.82, 2.24) is 18.9 Å². The van der Waals surface area contributed by atoms with Crippen LogP contribution in [0.4, 0.5) is 0 Å². The Bertz CT molecular complexity index is 960. The molecule has 1 aromatic heterocycles. The Kier molecular flexibility index (Phi) is 4.81. The number of hydrogen-bond acceptors (Lipinski definition) is 9. The molecule has 0 radical (unpaired) electrons. The Hall–Kier alpha value is -2.32. The largest absolute Gasteiger partial charge is 0.504 e. The van der Waals surface area contributed by atoms with E-state index in [1.54, 1.807) is 14.1 Å². The first-order valence-electron chi connectivity index (χ1n) is 7.75. The van der Waals surface area contributed by atoms with Gasteiger partial charge < -0.3 is 15.0 Å². The molecule has 3 heterocycles. The summed E-state index contributed by atoms with van der Waals surface area (Å²) in [6, 6.07) is -1.69. The molecular weight excluding hydrogens is 402 g/mol. The zero-order valence-electron chi connectivity index (χ0n) is 14.3. The third-order valence-corrected chi connectivity index (χ3v) is 6.24. The van der Waals surface area contributed by atoms with Crippen molar-refractivity contribution < 1.29 is 27.7 Å². The van der Waals surface area contributed by atoms with E-state index in [2.05, 4.69) is 4.98 Å². The molecule has 2 aliphatic rings. The molecule has 2 N–H and O–H groups in total. The van der Waals surface area contributed by atoms with Crippen molar-refractivity contribution in [3.63, 3.8) is 0 Å². The van der Waals surface area contributed by atoms with Crippen molar-refractivity contribution in [3.05, 3.63) is 16.7 Å². The van der Waals surface area contributed by atoms with Gasteiger partial charge in [-0.3, -0.25) is 14.1 Å². The molecule has 3 rings (SSSR count). The van der Waals surface area contributed by atoms with Gasteiger partial charge in [0.15, 0.2) is 5.75 Å². The minimum absolute atomic E-state index is 0.0262. The monoisotopic (exact) mass is 419 g/mol. The number of likely N-dealkylation sites (tertiary alicyclic amines) is 1. The molecule has 2 fully saturated rings. The summed E-state index contributed by atoms with van der Waals surface area (Å²) >= 11 is 0.835. The number of aromatic nitrogens is 2. The molecule has 0 spiro atoms. The standard InChI is InChI=1S/C13H17N5O7S2/c1-15(2)17-5-8(19)11(14-13(17)22)26-6-9(20)16-4-3-7-10(16)12(21)18(7)27(23,24)25/h5,7,10,19H,3-4,6H2,1-2H3,(H,23,24,25)/t7-,10+/m1/s1. The van der Waals surface area contributed by atoms with Crippen LogP contribution in [0.5, 0.6) is 5.75 Å². The molecule has 0 aliphatic carbocycles. The molecule has 0 unspecified atom stereocenters. The van der Waals surface area contributed by atoms with Crippen LogP contribution in [0, 0.1) is 0 Å². The van der Waals surface area contributed by atoms with Crippen LogP contribution >= 0.6 is 11.8 Å². The highest BCUT2D eigenvalue weighted by molar-refractivity contribution is 8.00. The molecule has 1 aromatic rings. The molecule has 0 bridgehead atoms. The molecule has 2 aliphatic heterocycles. The molecule has 0 aromatic carbocycles. The fraction of sp³-hybridized carbons (Fsp3) is 0.538. The zero-order valence-corrected chi connectivity index (χ0v) is 16.0. The van der Waals surface area contributed by atoms with Crippen molar-refractivity contribution >= 4 is 33.9 Å². The van der Waals surface area contributed by atoms with Crippen molar-refractivity contribution in [1.29, 1.82) is 0 Å². The third kappa shape index (κ3) is 3.35. The third-order valence-electron chi connectivity index (χ3n) is 4.33. The minimum atomic E-state index is -4.64. The second kappa shape index (κ2) is 6.69. The van der Waals surface area contributed by atoms with Crippen molar-refractivity contribution in [2.45, 2.75) is 23.5 Å². The molecule has 2 atom stereocenters. The molecule has 2 saturated heterocycles. The van der Waals surface area contributed by atoms with Gasteiger partial charge in [0.2, 0.25) is 5.91 Å². The molecule has 2 amide bonds. The van der Waals surface area contributed by atoms with Gasteiger partial charge in [-0.1, -0.05) is 11.8 Å². The van der Waals surface area contributed by atoms with Crippen LogP contribution < -0.4 is 10.7 Å².